The summed E-state index contributed by atoms with van der Waals surface area (Å²) in [7, 11) is 1.81. The van der Waals surface area contributed by atoms with Crippen LogP contribution in [-0.2, 0) is 14.3 Å². The number of hydrogen-bond donors (Lipinski definition) is 2. The van der Waals surface area contributed by atoms with Crippen molar-refractivity contribution in [3.63, 3.8) is 0 Å². The minimum atomic E-state index is -0.0328. The van der Waals surface area contributed by atoms with E-state index in [9.17, 15) is 4.79 Å². The van der Waals surface area contributed by atoms with Gasteiger partial charge in [0, 0.05) is 26.2 Å². The van der Waals surface area contributed by atoms with Gasteiger partial charge in [0.05, 0.1) is 18.6 Å². The molecule has 0 aromatic heterocycles. The van der Waals surface area contributed by atoms with E-state index in [1.165, 1.54) is 38.5 Å². The Hall–Kier alpha value is -0.570. The Morgan fingerprint density at radius 2 is 1.69 bits per heavy atom. The lowest BCUT2D eigenvalue weighted by Crippen LogP contribution is -2.45. The molecule has 2 rings (SSSR count). The molecule has 0 spiro atoms. The van der Waals surface area contributed by atoms with Crippen LogP contribution in [0.4, 0.5) is 0 Å². The van der Waals surface area contributed by atoms with Crippen LogP contribution < -0.4 is 10.6 Å². The molecule has 0 aromatic rings. The molecule has 2 aliphatic rings. The molecular weight excluding hydrogens is 481 g/mol. The van der Waals surface area contributed by atoms with Gasteiger partial charge in [-0.3, -0.25) is 9.79 Å². The number of hydrogen-bond acceptors (Lipinski definition) is 4. The van der Waals surface area contributed by atoms with Gasteiger partial charge in [0.15, 0.2) is 5.96 Å². The highest BCUT2D eigenvalue weighted by molar-refractivity contribution is 14.0. The lowest BCUT2D eigenvalue weighted by atomic mass is 9.86. The van der Waals surface area contributed by atoms with E-state index in [-0.39, 0.29) is 35.9 Å². The van der Waals surface area contributed by atoms with Crippen LogP contribution in [0.25, 0.3) is 0 Å². The maximum Gasteiger partial charge on any atom is 0.308 e. The summed E-state index contributed by atoms with van der Waals surface area (Å²) in [6, 6.07) is 0.385. The molecule has 0 heterocycles. The Bertz CT molecular complexity index is 460. The van der Waals surface area contributed by atoms with Crippen LogP contribution in [0.15, 0.2) is 4.99 Å². The number of carbonyl (C=O) groups is 1. The fourth-order valence-electron chi connectivity index (χ4n) is 4.21. The van der Waals surface area contributed by atoms with Crippen molar-refractivity contribution in [1.29, 1.82) is 0 Å². The highest BCUT2D eigenvalue weighted by Gasteiger charge is 2.27. The number of ether oxygens (including phenoxy) is 2. The first kappa shape index (κ1) is 26.5. The first-order valence-electron chi connectivity index (χ1n) is 11.5. The van der Waals surface area contributed by atoms with Gasteiger partial charge < -0.3 is 20.1 Å². The number of esters is 1. The van der Waals surface area contributed by atoms with E-state index in [2.05, 4.69) is 15.6 Å². The Morgan fingerprint density at radius 3 is 2.31 bits per heavy atom. The smallest absolute Gasteiger partial charge is 0.308 e. The molecule has 2 fully saturated rings. The molecule has 6 nitrogen and oxygen atoms in total. The lowest BCUT2D eigenvalue weighted by molar-refractivity contribution is -0.149. The summed E-state index contributed by atoms with van der Waals surface area (Å²) in [5.41, 5.74) is 0. The summed E-state index contributed by atoms with van der Waals surface area (Å²) in [5, 5.41) is 6.91. The van der Waals surface area contributed by atoms with Crippen LogP contribution in [0, 0.1) is 5.92 Å². The number of aliphatic imine (C=N–C) groups is 1. The van der Waals surface area contributed by atoms with Crippen molar-refractivity contribution in [2.24, 2.45) is 10.9 Å². The molecule has 2 N–H and O–H groups in total. The third-order valence-corrected chi connectivity index (χ3v) is 5.93. The van der Waals surface area contributed by atoms with Gasteiger partial charge in [-0.25, -0.2) is 0 Å². The zero-order valence-corrected chi connectivity index (χ0v) is 20.7. The number of nitrogens with one attached hydrogen (secondary N) is 2. The second kappa shape index (κ2) is 16.2. The third kappa shape index (κ3) is 10.9. The van der Waals surface area contributed by atoms with Crippen LogP contribution in [0.3, 0.4) is 0 Å². The normalized spacial score (nSPS) is 23.6. The predicted octanol–water partition coefficient (Wildman–Crippen LogP) is 4.41. The number of nitrogens with zero attached hydrogens (tertiary/aromatic N) is 1. The molecule has 2 aliphatic carbocycles. The van der Waals surface area contributed by atoms with E-state index < -0.39 is 0 Å². The topological polar surface area (TPSA) is 72.0 Å². The van der Waals surface area contributed by atoms with Crippen LogP contribution in [0.2, 0.25) is 0 Å². The minimum absolute atomic E-state index is 0. The zero-order chi connectivity index (χ0) is 20.0. The molecule has 170 valence electrons. The molecule has 0 amide bonds. The fraction of sp³-hybridized carbons (Fsp3) is 0.909. The molecule has 0 aromatic carbocycles. The van der Waals surface area contributed by atoms with E-state index in [1.54, 1.807) is 0 Å². The van der Waals surface area contributed by atoms with Crippen molar-refractivity contribution in [3.8, 4) is 0 Å². The monoisotopic (exact) mass is 523 g/mol. The van der Waals surface area contributed by atoms with Gasteiger partial charge in [0.25, 0.3) is 0 Å². The second-order valence-corrected chi connectivity index (χ2v) is 8.14. The molecule has 0 unspecified atom stereocenters. The quantitative estimate of drug-likeness (QED) is 0.117. The van der Waals surface area contributed by atoms with Gasteiger partial charge in [0.1, 0.15) is 0 Å². The Labute approximate surface area is 194 Å². The van der Waals surface area contributed by atoms with Crippen molar-refractivity contribution >= 4 is 35.9 Å². The van der Waals surface area contributed by atoms with Crippen molar-refractivity contribution in [2.45, 2.75) is 96.1 Å². The number of guanidine groups is 1. The molecular formula is C22H42IN3O3. The van der Waals surface area contributed by atoms with Gasteiger partial charge >= 0.3 is 5.97 Å². The van der Waals surface area contributed by atoms with Gasteiger partial charge in [-0.15, -0.1) is 24.0 Å². The standard InChI is InChI=1S/C22H41N3O3.HI/c1-3-27-21(26)18-12-14-19(15-13-18)25-22(23-2)24-16-8-9-17-28-20-10-6-4-5-7-11-20;/h18-20H,3-17H2,1-2H3,(H2,23,24,25);1H. The van der Waals surface area contributed by atoms with E-state index in [4.69, 9.17) is 9.47 Å². The first-order chi connectivity index (χ1) is 13.7. The van der Waals surface area contributed by atoms with E-state index in [1.807, 2.05) is 14.0 Å². The fourth-order valence-corrected chi connectivity index (χ4v) is 4.21. The third-order valence-electron chi connectivity index (χ3n) is 5.93. The second-order valence-electron chi connectivity index (χ2n) is 8.14. The zero-order valence-electron chi connectivity index (χ0n) is 18.4. The van der Waals surface area contributed by atoms with Crippen LogP contribution in [-0.4, -0.2) is 50.9 Å². The maximum absolute atomic E-state index is 11.8. The molecule has 2 saturated carbocycles. The van der Waals surface area contributed by atoms with E-state index >= 15 is 0 Å². The molecule has 0 radical (unpaired) electrons. The number of carbonyl (C=O) groups excluding carboxylic acids is 1. The summed E-state index contributed by atoms with van der Waals surface area (Å²) < 4.78 is 11.2. The first-order valence-corrected chi connectivity index (χ1v) is 11.5. The molecule has 0 aliphatic heterocycles. The molecule has 29 heavy (non-hydrogen) atoms. The number of halogens is 1. The van der Waals surface area contributed by atoms with Gasteiger partial charge in [-0.2, -0.15) is 0 Å². The molecule has 0 atom stereocenters. The summed E-state index contributed by atoms with van der Waals surface area (Å²) >= 11 is 0. The van der Waals surface area contributed by atoms with Crippen molar-refractivity contribution in [2.75, 3.05) is 26.8 Å². The van der Waals surface area contributed by atoms with E-state index in [0.29, 0.717) is 18.8 Å². The van der Waals surface area contributed by atoms with Crippen molar-refractivity contribution in [1.82, 2.24) is 10.6 Å². The van der Waals surface area contributed by atoms with Gasteiger partial charge in [0.2, 0.25) is 0 Å². The summed E-state index contributed by atoms with van der Waals surface area (Å²) in [6.45, 7) is 4.12. The average Bonchev–Trinajstić information content (AvgIpc) is 2.99. The Balaban J connectivity index is 0.00000420. The predicted molar refractivity (Wildman–Crippen MR) is 129 cm³/mol. The van der Waals surface area contributed by atoms with Crippen molar-refractivity contribution < 1.29 is 14.3 Å². The molecule has 0 saturated heterocycles. The summed E-state index contributed by atoms with van der Waals surface area (Å²) in [5.74, 6) is 0.903. The van der Waals surface area contributed by atoms with Crippen molar-refractivity contribution in [3.05, 3.63) is 0 Å². The minimum Gasteiger partial charge on any atom is -0.466 e. The molecule has 0 bridgehead atoms. The van der Waals surface area contributed by atoms with Crippen LogP contribution >= 0.6 is 24.0 Å². The SMILES string of the molecule is CCOC(=O)C1CCC(NC(=NC)NCCCCOC2CCCCCC2)CC1.I. The van der Waals surface area contributed by atoms with Gasteiger partial charge in [-0.05, 0) is 58.3 Å². The summed E-state index contributed by atoms with van der Waals surface area (Å²) in [4.78, 5) is 16.2. The van der Waals surface area contributed by atoms with Crippen LogP contribution in [0.5, 0.6) is 0 Å². The van der Waals surface area contributed by atoms with Gasteiger partial charge in [-0.1, -0.05) is 25.7 Å². The highest BCUT2D eigenvalue weighted by atomic mass is 127. The highest BCUT2D eigenvalue weighted by Crippen LogP contribution is 2.25. The maximum atomic E-state index is 11.8. The largest absolute Gasteiger partial charge is 0.466 e. The van der Waals surface area contributed by atoms with Crippen LogP contribution in [0.1, 0.15) is 84.0 Å². The van der Waals surface area contributed by atoms with E-state index in [0.717, 1.165) is 57.6 Å². The summed E-state index contributed by atoms with van der Waals surface area (Å²) in [6.07, 6.45) is 14.3. The number of rotatable bonds is 9. The average molecular weight is 524 g/mol. The Kier molecular flexibility index (Phi) is 14.8. The lowest BCUT2D eigenvalue weighted by Gasteiger charge is -2.29. The Morgan fingerprint density at radius 1 is 1.00 bits per heavy atom. The number of unbranched alkanes of at least 4 members (excludes halogenated alkanes) is 1. The molecule has 7 heteroatoms.